The largest absolute Gasteiger partial charge is 0.494 e. The monoisotopic (exact) mass is 597 g/mol. The van der Waals surface area contributed by atoms with Crippen LogP contribution in [0.4, 0.5) is 10.1 Å². The molecule has 42 heavy (non-hydrogen) atoms. The van der Waals surface area contributed by atoms with E-state index in [1.807, 2.05) is 27.7 Å². The van der Waals surface area contributed by atoms with E-state index in [4.69, 9.17) is 4.74 Å². The van der Waals surface area contributed by atoms with E-state index in [9.17, 15) is 22.4 Å². The number of carbonyl (C=O) groups excluding carboxylic acids is 2. The van der Waals surface area contributed by atoms with Gasteiger partial charge in [-0.05, 0) is 80.3 Å². The fourth-order valence-electron chi connectivity index (χ4n) is 4.37. The Morgan fingerprint density at radius 2 is 1.55 bits per heavy atom. The van der Waals surface area contributed by atoms with E-state index in [0.717, 1.165) is 9.87 Å². The Morgan fingerprint density at radius 1 is 0.929 bits per heavy atom. The Hall–Kier alpha value is -3.92. The Balaban J connectivity index is 2.04. The van der Waals surface area contributed by atoms with Crippen LogP contribution in [0.25, 0.3) is 0 Å². The van der Waals surface area contributed by atoms with Crippen molar-refractivity contribution in [1.82, 2.24) is 10.2 Å². The smallest absolute Gasteiger partial charge is 0.264 e. The summed E-state index contributed by atoms with van der Waals surface area (Å²) in [6, 6.07) is 17.6. The summed E-state index contributed by atoms with van der Waals surface area (Å²) < 4.78 is 48.1. The summed E-state index contributed by atoms with van der Waals surface area (Å²) in [5, 5.41) is 2.89. The minimum atomic E-state index is -4.18. The van der Waals surface area contributed by atoms with Crippen LogP contribution in [0, 0.1) is 18.7 Å². The number of nitrogens with zero attached hydrogens (tertiary/aromatic N) is 2. The number of anilines is 1. The molecule has 10 heteroatoms. The summed E-state index contributed by atoms with van der Waals surface area (Å²) in [5.74, 6) is -0.580. The molecule has 0 saturated heterocycles. The molecule has 3 aromatic carbocycles. The number of amides is 2. The van der Waals surface area contributed by atoms with Crippen LogP contribution in [0.3, 0.4) is 0 Å². The minimum Gasteiger partial charge on any atom is -0.494 e. The van der Waals surface area contributed by atoms with Crippen molar-refractivity contribution >= 4 is 27.5 Å². The quantitative estimate of drug-likeness (QED) is 0.272. The molecule has 3 aromatic rings. The van der Waals surface area contributed by atoms with Gasteiger partial charge in [0.15, 0.2) is 0 Å². The number of hydrogen-bond acceptors (Lipinski definition) is 5. The zero-order valence-corrected chi connectivity index (χ0v) is 25.7. The van der Waals surface area contributed by atoms with E-state index in [-0.39, 0.29) is 29.0 Å². The van der Waals surface area contributed by atoms with E-state index >= 15 is 0 Å². The maximum Gasteiger partial charge on any atom is 0.264 e. The highest BCUT2D eigenvalue weighted by molar-refractivity contribution is 7.92. The number of carbonyl (C=O) groups is 2. The van der Waals surface area contributed by atoms with Crippen LogP contribution < -0.4 is 14.4 Å². The fourth-order valence-corrected chi connectivity index (χ4v) is 5.78. The van der Waals surface area contributed by atoms with Gasteiger partial charge in [-0.3, -0.25) is 13.9 Å². The standard InChI is InChI=1S/C32H40FN3O5S/c1-6-30(32(38)34-20-23(3)4)35(21-25-10-12-26(33)13-11-25)31(37)22-36(27-14-16-28(17-15-27)41-7-2)42(39,40)29-18-8-24(5)9-19-29/h8-19,23,30H,6-7,20-22H2,1-5H3,(H,34,38)/t30-/m0/s1. The average Bonchev–Trinajstić information content (AvgIpc) is 2.96. The molecule has 0 aliphatic carbocycles. The van der Waals surface area contributed by atoms with Crippen LogP contribution in [0.5, 0.6) is 5.75 Å². The van der Waals surface area contributed by atoms with Gasteiger partial charge in [-0.1, -0.05) is 50.6 Å². The Labute approximate surface area is 248 Å². The summed E-state index contributed by atoms with van der Waals surface area (Å²) >= 11 is 0. The van der Waals surface area contributed by atoms with Crippen LogP contribution in [-0.2, 0) is 26.2 Å². The zero-order valence-electron chi connectivity index (χ0n) is 24.8. The maximum atomic E-state index is 14.1. The van der Waals surface area contributed by atoms with Gasteiger partial charge in [-0.25, -0.2) is 12.8 Å². The summed E-state index contributed by atoms with van der Waals surface area (Å²) in [6.45, 7) is 9.73. The third-order valence-corrected chi connectivity index (χ3v) is 8.45. The molecule has 1 N–H and O–H groups in total. The Morgan fingerprint density at radius 3 is 2.10 bits per heavy atom. The SMILES string of the molecule is CCOc1ccc(N(CC(=O)N(Cc2ccc(F)cc2)[C@@H](CC)C(=O)NCC(C)C)S(=O)(=O)c2ccc(C)cc2)cc1. The number of aryl methyl sites for hydroxylation is 1. The molecule has 0 aliphatic rings. The first-order valence-electron chi connectivity index (χ1n) is 14.1. The van der Waals surface area contributed by atoms with Gasteiger partial charge in [-0.2, -0.15) is 0 Å². The van der Waals surface area contributed by atoms with Crippen LogP contribution >= 0.6 is 0 Å². The third kappa shape index (κ3) is 8.55. The number of halogens is 1. The van der Waals surface area contributed by atoms with Crippen molar-refractivity contribution in [3.63, 3.8) is 0 Å². The van der Waals surface area contributed by atoms with Crippen LogP contribution in [0.1, 0.15) is 45.2 Å². The number of nitrogens with one attached hydrogen (secondary N) is 1. The third-order valence-electron chi connectivity index (χ3n) is 6.66. The van der Waals surface area contributed by atoms with Crippen LogP contribution in [0.2, 0.25) is 0 Å². The molecule has 0 aliphatic heterocycles. The Bertz CT molecular complexity index is 1430. The zero-order chi connectivity index (χ0) is 30.9. The molecule has 0 spiro atoms. The Kier molecular flexibility index (Phi) is 11.5. The molecule has 8 nitrogen and oxygen atoms in total. The van der Waals surface area contributed by atoms with Crippen molar-refractivity contribution in [2.45, 2.75) is 58.5 Å². The van der Waals surface area contributed by atoms with Gasteiger partial charge in [0.25, 0.3) is 10.0 Å². The molecule has 0 heterocycles. The summed E-state index contributed by atoms with van der Waals surface area (Å²) in [6.07, 6.45) is 0.296. The average molecular weight is 598 g/mol. The van der Waals surface area contributed by atoms with Crippen molar-refractivity contribution in [3.8, 4) is 5.75 Å². The molecule has 3 rings (SSSR count). The first-order chi connectivity index (χ1) is 20.0. The fraction of sp³-hybridized carbons (Fsp3) is 0.375. The first kappa shape index (κ1) is 32.6. The van der Waals surface area contributed by atoms with Gasteiger partial charge in [0.1, 0.15) is 24.2 Å². The molecule has 0 radical (unpaired) electrons. The van der Waals surface area contributed by atoms with Gasteiger partial charge >= 0.3 is 0 Å². The molecule has 0 saturated carbocycles. The number of sulfonamides is 1. The number of benzene rings is 3. The molecule has 0 fully saturated rings. The van der Waals surface area contributed by atoms with Gasteiger partial charge in [-0.15, -0.1) is 0 Å². The second kappa shape index (κ2) is 14.8. The van der Waals surface area contributed by atoms with Gasteiger partial charge in [0, 0.05) is 13.1 Å². The van der Waals surface area contributed by atoms with Gasteiger partial charge in [0.05, 0.1) is 17.2 Å². The second-order valence-corrected chi connectivity index (χ2v) is 12.3. The van der Waals surface area contributed by atoms with Gasteiger partial charge in [0.2, 0.25) is 11.8 Å². The highest BCUT2D eigenvalue weighted by Crippen LogP contribution is 2.27. The van der Waals surface area contributed by atoms with Crippen LogP contribution in [0.15, 0.2) is 77.7 Å². The normalized spacial score (nSPS) is 12.1. The van der Waals surface area contributed by atoms with Crippen molar-refractivity contribution in [1.29, 1.82) is 0 Å². The maximum absolute atomic E-state index is 14.1. The van der Waals surface area contributed by atoms with E-state index in [0.29, 0.717) is 30.9 Å². The molecule has 2 amide bonds. The lowest BCUT2D eigenvalue weighted by Crippen LogP contribution is -2.52. The number of hydrogen-bond donors (Lipinski definition) is 1. The first-order valence-corrected chi connectivity index (χ1v) is 15.5. The lowest BCUT2D eigenvalue weighted by Gasteiger charge is -2.33. The minimum absolute atomic E-state index is 0.00554. The van der Waals surface area contributed by atoms with E-state index < -0.39 is 34.3 Å². The molecule has 0 aromatic heterocycles. The molecule has 226 valence electrons. The number of rotatable bonds is 14. The lowest BCUT2D eigenvalue weighted by atomic mass is 10.1. The van der Waals surface area contributed by atoms with Crippen molar-refractivity contribution in [3.05, 3.63) is 89.7 Å². The predicted molar refractivity (Wildman–Crippen MR) is 162 cm³/mol. The molecular weight excluding hydrogens is 557 g/mol. The molecular formula is C32H40FN3O5S. The second-order valence-electron chi connectivity index (χ2n) is 10.5. The topological polar surface area (TPSA) is 96.0 Å². The van der Waals surface area contributed by atoms with E-state index in [1.54, 1.807) is 55.5 Å². The van der Waals surface area contributed by atoms with Gasteiger partial charge < -0.3 is 15.0 Å². The molecule has 0 unspecified atom stereocenters. The van der Waals surface area contributed by atoms with E-state index in [2.05, 4.69) is 5.32 Å². The van der Waals surface area contributed by atoms with Crippen LogP contribution in [-0.4, -0.2) is 50.9 Å². The van der Waals surface area contributed by atoms with E-state index in [1.165, 1.54) is 29.2 Å². The predicted octanol–water partition coefficient (Wildman–Crippen LogP) is 5.31. The number of ether oxygens (including phenoxy) is 1. The van der Waals surface area contributed by atoms with Crippen molar-refractivity contribution in [2.75, 3.05) is 24.0 Å². The molecule has 1 atom stereocenters. The summed E-state index contributed by atoms with van der Waals surface area (Å²) in [4.78, 5) is 28.7. The highest BCUT2D eigenvalue weighted by atomic mass is 32.2. The lowest BCUT2D eigenvalue weighted by molar-refractivity contribution is -0.140. The van der Waals surface area contributed by atoms with Crippen molar-refractivity contribution in [2.24, 2.45) is 5.92 Å². The van der Waals surface area contributed by atoms with Crippen molar-refractivity contribution < 1.29 is 27.1 Å². The highest BCUT2D eigenvalue weighted by Gasteiger charge is 2.33. The summed E-state index contributed by atoms with van der Waals surface area (Å²) in [7, 11) is -4.18. The summed E-state index contributed by atoms with van der Waals surface area (Å²) in [5.41, 5.74) is 1.77. The molecule has 0 bridgehead atoms.